The van der Waals surface area contributed by atoms with Gasteiger partial charge in [0.05, 0.1) is 17.2 Å². The highest BCUT2D eigenvalue weighted by Gasteiger charge is 2.36. The predicted octanol–water partition coefficient (Wildman–Crippen LogP) is 3.84. The van der Waals surface area contributed by atoms with Crippen LogP contribution >= 0.6 is 0 Å². The molecule has 0 radical (unpaired) electrons. The first-order valence-corrected chi connectivity index (χ1v) is 9.13. The number of nitrogens with zero attached hydrogens (tertiary/aromatic N) is 2. The number of benzene rings is 2. The van der Waals surface area contributed by atoms with Crippen LogP contribution in [0.4, 0.5) is 10.5 Å². The molecule has 0 unspecified atom stereocenters. The quantitative estimate of drug-likeness (QED) is 0.723. The van der Waals surface area contributed by atoms with Gasteiger partial charge in [-0.05, 0) is 48.7 Å². The summed E-state index contributed by atoms with van der Waals surface area (Å²) < 4.78 is 11.0. The Hall–Kier alpha value is -3.37. The van der Waals surface area contributed by atoms with E-state index in [1.165, 1.54) is 0 Å². The van der Waals surface area contributed by atoms with E-state index in [2.05, 4.69) is 21.7 Å². The zero-order valence-electron chi connectivity index (χ0n) is 15.5. The van der Waals surface area contributed by atoms with Crippen molar-refractivity contribution in [2.45, 2.75) is 25.3 Å². The lowest BCUT2D eigenvalue weighted by Crippen LogP contribution is -2.50. The minimum absolute atomic E-state index is 0.300. The molecular weight excluding hydrogens is 356 g/mol. The van der Waals surface area contributed by atoms with Gasteiger partial charge in [0.15, 0.2) is 11.5 Å². The summed E-state index contributed by atoms with van der Waals surface area (Å²) in [5, 5.41) is 15.0. The summed E-state index contributed by atoms with van der Waals surface area (Å²) in [7, 11) is 0. The number of ether oxygens (including phenoxy) is 1. The van der Waals surface area contributed by atoms with Crippen molar-refractivity contribution in [2.75, 3.05) is 18.5 Å². The summed E-state index contributed by atoms with van der Waals surface area (Å²) in [6, 6.07) is 14.5. The summed E-state index contributed by atoms with van der Waals surface area (Å²) in [5.74, 6) is 0.582. The number of nitrogens with one attached hydrogen (secondary N) is 2. The zero-order valence-corrected chi connectivity index (χ0v) is 15.5. The Labute approximate surface area is 162 Å². The monoisotopic (exact) mass is 376 g/mol. The van der Waals surface area contributed by atoms with E-state index in [1.54, 1.807) is 37.3 Å². The van der Waals surface area contributed by atoms with Crippen molar-refractivity contribution in [3.05, 3.63) is 59.5 Å². The molecule has 1 aliphatic heterocycles. The third-order valence-corrected chi connectivity index (χ3v) is 5.02. The second kappa shape index (κ2) is 7.33. The molecule has 7 heteroatoms. The number of hydrogen-bond acceptors (Lipinski definition) is 5. The Morgan fingerprint density at radius 3 is 2.64 bits per heavy atom. The van der Waals surface area contributed by atoms with E-state index in [0.29, 0.717) is 54.3 Å². The molecule has 3 aromatic rings. The Morgan fingerprint density at radius 1 is 1.18 bits per heavy atom. The molecule has 1 aromatic heterocycles. The second-order valence-electron chi connectivity index (χ2n) is 6.88. The molecule has 28 heavy (non-hydrogen) atoms. The summed E-state index contributed by atoms with van der Waals surface area (Å²) in [6.45, 7) is 2.90. The van der Waals surface area contributed by atoms with Crippen molar-refractivity contribution in [2.24, 2.45) is 0 Å². The molecular formula is C21H20N4O3. The average Bonchev–Trinajstić information content (AvgIpc) is 3.08. The number of fused-ring (bicyclic) bond motifs is 1. The molecule has 4 rings (SSSR count). The summed E-state index contributed by atoms with van der Waals surface area (Å²) in [4.78, 5) is 17.1. The molecule has 1 fully saturated rings. The topological polar surface area (TPSA) is 100 Å². The number of carbonyl (C=O) groups is 1. The van der Waals surface area contributed by atoms with Crippen LogP contribution in [0.25, 0.3) is 11.1 Å². The highest BCUT2D eigenvalue weighted by atomic mass is 16.5. The lowest BCUT2D eigenvalue weighted by atomic mass is 9.82. The van der Waals surface area contributed by atoms with Crippen LogP contribution in [0.2, 0.25) is 0 Å². The van der Waals surface area contributed by atoms with Gasteiger partial charge in [0.25, 0.3) is 0 Å². The van der Waals surface area contributed by atoms with Crippen molar-refractivity contribution in [1.29, 1.82) is 5.26 Å². The van der Waals surface area contributed by atoms with Gasteiger partial charge < -0.3 is 19.8 Å². The van der Waals surface area contributed by atoms with E-state index >= 15 is 0 Å². The highest BCUT2D eigenvalue weighted by molar-refractivity contribution is 5.92. The fourth-order valence-electron chi connectivity index (χ4n) is 3.57. The third-order valence-electron chi connectivity index (χ3n) is 5.02. The number of oxazole rings is 1. The minimum atomic E-state index is -0.537. The Morgan fingerprint density at radius 2 is 1.93 bits per heavy atom. The van der Waals surface area contributed by atoms with Gasteiger partial charge in [0.1, 0.15) is 5.52 Å². The molecule has 0 saturated carbocycles. The van der Waals surface area contributed by atoms with Gasteiger partial charge in [-0.25, -0.2) is 9.78 Å². The standard InChI is InChI=1S/C21H20N4O3/c1-14-23-18-12-17(6-7-19(18)28-14)24-20(26)25-21(8-10-27-11-9-21)16-4-2-15(13-22)3-5-16/h2-7,12H,8-11H2,1H3,(H2,24,25,26). The zero-order chi connectivity index (χ0) is 19.6. The van der Waals surface area contributed by atoms with Crippen LogP contribution in [0.15, 0.2) is 46.9 Å². The van der Waals surface area contributed by atoms with E-state index in [0.717, 1.165) is 5.56 Å². The van der Waals surface area contributed by atoms with E-state index in [1.807, 2.05) is 12.1 Å². The smallest absolute Gasteiger partial charge is 0.319 e. The first kappa shape index (κ1) is 18.0. The maximum Gasteiger partial charge on any atom is 0.319 e. The second-order valence-corrected chi connectivity index (χ2v) is 6.88. The molecule has 7 nitrogen and oxygen atoms in total. The fourth-order valence-corrected chi connectivity index (χ4v) is 3.57. The fraction of sp³-hybridized carbons (Fsp3) is 0.286. The summed E-state index contributed by atoms with van der Waals surface area (Å²) in [6.07, 6.45) is 1.32. The van der Waals surface area contributed by atoms with E-state index in [-0.39, 0.29) is 6.03 Å². The molecule has 0 aliphatic carbocycles. The Kier molecular flexibility index (Phi) is 4.72. The maximum atomic E-state index is 12.8. The molecule has 2 heterocycles. The van der Waals surface area contributed by atoms with Crippen molar-refractivity contribution in [3.8, 4) is 6.07 Å². The number of aromatic nitrogens is 1. The summed E-state index contributed by atoms with van der Waals surface area (Å²) >= 11 is 0. The first-order chi connectivity index (χ1) is 13.6. The van der Waals surface area contributed by atoms with Crippen LogP contribution in [0.5, 0.6) is 0 Å². The van der Waals surface area contributed by atoms with Gasteiger partial charge >= 0.3 is 6.03 Å². The lowest BCUT2D eigenvalue weighted by Gasteiger charge is -2.38. The van der Waals surface area contributed by atoms with Gasteiger partial charge in [0, 0.05) is 25.8 Å². The van der Waals surface area contributed by atoms with Crippen LogP contribution in [0, 0.1) is 18.3 Å². The van der Waals surface area contributed by atoms with Crippen LogP contribution in [-0.4, -0.2) is 24.2 Å². The van der Waals surface area contributed by atoms with Gasteiger partial charge in [0.2, 0.25) is 0 Å². The number of nitriles is 1. The van der Waals surface area contributed by atoms with Gasteiger partial charge in [-0.1, -0.05) is 12.1 Å². The number of rotatable bonds is 3. The van der Waals surface area contributed by atoms with E-state index in [9.17, 15) is 4.79 Å². The molecule has 2 N–H and O–H groups in total. The number of carbonyl (C=O) groups excluding carboxylic acids is 1. The number of urea groups is 1. The average molecular weight is 376 g/mol. The van der Waals surface area contributed by atoms with Gasteiger partial charge in [-0.3, -0.25) is 0 Å². The normalized spacial score (nSPS) is 15.7. The molecule has 0 spiro atoms. The number of aryl methyl sites for hydroxylation is 1. The van der Waals surface area contributed by atoms with Crippen LogP contribution in [-0.2, 0) is 10.3 Å². The molecule has 0 bridgehead atoms. The lowest BCUT2D eigenvalue weighted by molar-refractivity contribution is 0.0418. The van der Waals surface area contributed by atoms with Crippen LogP contribution in [0.1, 0.15) is 29.9 Å². The SMILES string of the molecule is Cc1nc2cc(NC(=O)NC3(c4ccc(C#N)cc4)CCOCC3)ccc2o1. The van der Waals surface area contributed by atoms with E-state index < -0.39 is 5.54 Å². The van der Waals surface area contributed by atoms with Crippen LogP contribution in [0.3, 0.4) is 0 Å². The molecule has 1 saturated heterocycles. The Balaban J connectivity index is 1.55. The largest absolute Gasteiger partial charge is 0.441 e. The molecule has 2 aromatic carbocycles. The van der Waals surface area contributed by atoms with E-state index in [4.69, 9.17) is 14.4 Å². The van der Waals surface area contributed by atoms with Crippen LogP contribution < -0.4 is 10.6 Å². The summed E-state index contributed by atoms with van der Waals surface area (Å²) in [5.41, 5.74) is 3.04. The highest BCUT2D eigenvalue weighted by Crippen LogP contribution is 2.32. The molecule has 1 aliphatic rings. The predicted molar refractivity (Wildman–Crippen MR) is 104 cm³/mol. The number of anilines is 1. The third kappa shape index (κ3) is 3.55. The molecule has 0 atom stereocenters. The number of amides is 2. The van der Waals surface area contributed by atoms with Crippen molar-refractivity contribution >= 4 is 22.8 Å². The van der Waals surface area contributed by atoms with Gasteiger partial charge in [-0.15, -0.1) is 0 Å². The van der Waals surface area contributed by atoms with Crippen molar-refractivity contribution in [3.63, 3.8) is 0 Å². The van der Waals surface area contributed by atoms with Gasteiger partial charge in [-0.2, -0.15) is 5.26 Å². The van der Waals surface area contributed by atoms with Crippen molar-refractivity contribution < 1.29 is 13.9 Å². The Bertz CT molecular complexity index is 1040. The number of hydrogen-bond donors (Lipinski definition) is 2. The maximum absolute atomic E-state index is 12.8. The minimum Gasteiger partial charge on any atom is -0.441 e. The van der Waals surface area contributed by atoms with Crippen molar-refractivity contribution in [1.82, 2.24) is 10.3 Å². The first-order valence-electron chi connectivity index (χ1n) is 9.13. The molecule has 142 valence electrons. The molecule has 2 amide bonds.